The Morgan fingerprint density at radius 1 is 1.17 bits per heavy atom. The molecule has 1 N–H and O–H groups in total. The van der Waals surface area contributed by atoms with Gasteiger partial charge in [0.05, 0.1) is 5.39 Å². The number of carbonyl (C=O) groups is 3. The first-order valence-corrected chi connectivity index (χ1v) is 10.2. The van der Waals surface area contributed by atoms with Crippen molar-refractivity contribution in [3.05, 3.63) is 22.6 Å². The van der Waals surface area contributed by atoms with Crippen LogP contribution in [0.15, 0.2) is 22.2 Å². The van der Waals surface area contributed by atoms with Crippen molar-refractivity contribution in [2.75, 3.05) is 12.9 Å². The summed E-state index contributed by atoms with van der Waals surface area (Å²) in [5.41, 5.74) is -0.0295. The molecule has 12 heteroatoms. The molecule has 3 heterocycles. The first kappa shape index (κ1) is 21.8. The van der Waals surface area contributed by atoms with Crippen LogP contribution in [0.4, 0.5) is 0 Å². The lowest BCUT2D eigenvalue weighted by Gasteiger charge is -2.24. The Balaban J connectivity index is 2.11. The van der Waals surface area contributed by atoms with Crippen LogP contribution in [-0.4, -0.2) is 63.6 Å². The highest BCUT2D eigenvalue weighted by atomic mass is 32.2. The van der Waals surface area contributed by atoms with Crippen LogP contribution in [0, 0.1) is 0 Å². The topological polar surface area (TPSA) is 139 Å². The van der Waals surface area contributed by atoms with Gasteiger partial charge in [-0.3, -0.25) is 23.7 Å². The fourth-order valence-electron chi connectivity index (χ4n) is 3.26. The number of esters is 3. The monoisotopic (exact) mass is 439 g/mol. The second-order valence-electron chi connectivity index (χ2n) is 6.53. The molecule has 4 atom stereocenters. The lowest BCUT2D eigenvalue weighted by Crippen LogP contribution is -2.42. The Hall–Kier alpha value is -2.86. The summed E-state index contributed by atoms with van der Waals surface area (Å²) in [6.45, 7) is 3.34. The molecule has 0 bridgehead atoms. The Kier molecular flexibility index (Phi) is 6.46. The maximum Gasteiger partial charge on any atom is 0.303 e. The van der Waals surface area contributed by atoms with E-state index in [1.807, 2.05) is 0 Å². The fourth-order valence-corrected chi connectivity index (χ4v) is 3.83. The number of hydrogen-bond acceptors (Lipinski definition) is 10. The summed E-state index contributed by atoms with van der Waals surface area (Å²) in [7, 11) is 0. The summed E-state index contributed by atoms with van der Waals surface area (Å²) in [6.07, 6.45) is -1.07. The van der Waals surface area contributed by atoms with Gasteiger partial charge in [0.15, 0.2) is 23.6 Å². The largest absolute Gasteiger partial charge is 0.463 e. The number of fused-ring (bicyclic) bond motifs is 1. The van der Waals surface area contributed by atoms with E-state index in [1.165, 1.54) is 37.1 Å². The molecule has 0 spiro atoms. The van der Waals surface area contributed by atoms with Crippen molar-refractivity contribution in [1.82, 2.24) is 14.5 Å². The second kappa shape index (κ2) is 8.88. The van der Waals surface area contributed by atoms with E-state index >= 15 is 0 Å². The zero-order chi connectivity index (χ0) is 22.0. The van der Waals surface area contributed by atoms with E-state index < -0.39 is 48.0 Å². The highest BCUT2D eigenvalue weighted by molar-refractivity contribution is 7.98. The van der Waals surface area contributed by atoms with Gasteiger partial charge in [0.25, 0.3) is 5.56 Å². The van der Waals surface area contributed by atoms with Crippen LogP contribution in [0.25, 0.3) is 11.0 Å². The SMILES string of the molecule is CSc1nc2[nH]ccc2c(=O)n1[C@@H]1O[C@H](COC(C)=O)[C@@H](OC(C)=O)[C@H]1OC(C)=O. The lowest BCUT2D eigenvalue weighted by atomic mass is 10.1. The van der Waals surface area contributed by atoms with Gasteiger partial charge in [0.1, 0.15) is 18.4 Å². The summed E-state index contributed by atoms with van der Waals surface area (Å²) < 4.78 is 22.9. The molecule has 0 aromatic carbocycles. The van der Waals surface area contributed by atoms with E-state index in [1.54, 1.807) is 18.5 Å². The molecule has 0 amide bonds. The van der Waals surface area contributed by atoms with Gasteiger partial charge >= 0.3 is 17.9 Å². The van der Waals surface area contributed by atoms with Gasteiger partial charge in [-0.1, -0.05) is 11.8 Å². The van der Waals surface area contributed by atoms with Crippen LogP contribution in [-0.2, 0) is 33.3 Å². The molecule has 1 saturated heterocycles. The predicted molar refractivity (Wildman–Crippen MR) is 104 cm³/mol. The average Bonchev–Trinajstić information content (AvgIpc) is 3.25. The maximum absolute atomic E-state index is 13.2. The highest BCUT2D eigenvalue weighted by Crippen LogP contribution is 2.35. The lowest BCUT2D eigenvalue weighted by molar-refractivity contribution is -0.166. The molecular weight excluding hydrogens is 418 g/mol. The summed E-state index contributed by atoms with van der Waals surface area (Å²) in [4.78, 5) is 55.2. The minimum Gasteiger partial charge on any atom is -0.463 e. The molecule has 2 aromatic heterocycles. The van der Waals surface area contributed by atoms with Gasteiger partial charge in [0, 0.05) is 27.0 Å². The molecule has 1 fully saturated rings. The first-order chi connectivity index (χ1) is 14.2. The number of carbonyl (C=O) groups excluding carboxylic acids is 3. The van der Waals surface area contributed by atoms with E-state index in [0.717, 1.165) is 0 Å². The number of ether oxygens (including phenoxy) is 4. The molecular formula is C18H21N3O8S. The molecule has 0 saturated carbocycles. The number of rotatable bonds is 6. The van der Waals surface area contributed by atoms with E-state index in [2.05, 4.69) is 9.97 Å². The minimum atomic E-state index is -1.16. The van der Waals surface area contributed by atoms with Gasteiger partial charge < -0.3 is 23.9 Å². The van der Waals surface area contributed by atoms with Crippen molar-refractivity contribution >= 4 is 40.7 Å². The van der Waals surface area contributed by atoms with Crippen molar-refractivity contribution < 1.29 is 33.3 Å². The zero-order valence-corrected chi connectivity index (χ0v) is 17.6. The summed E-state index contributed by atoms with van der Waals surface area (Å²) in [6, 6.07) is 1.57. The minimum absolute atomic E-state index is 0.259. The molecule has 2 aromatic rings. The third-order valence-electron chi connectivity index (χ3n) is 4.37. The number of aromatic nitrogens is 3. The third kappa shape index (κ3) is 4.33. The molecule has 0 aliphatic carbocycles. The zero-order valence-electron chi connectivity index (χ0n) is 16.7. The molecule has 1 aliphatic heterocycles. The molecule has 11 nitrogen and oxygen atoms in total. The van der Waals surface area contributed by atoms with E-state index in [4.69, 9.17) is 18.9 Å². The number of thioether (sulfide) groups is 1. The number of H-pyrrole nitrogens is 1. The van der Waals surface area contributed by atoms with Crippen molar-refractivity contribution in [2.24, 2.45) is 0 Å². The third-order valence-corrected chi connectivity index (χ3v) is 5.02. The number of aromatic amines is 1. The molecule has 0 unspecified atom stereocenters. The average molecular weight is 439 g/mol. The second-order valence-corrected chi connectivity index (χ2v) is 7.30. The van der Waals surface area contributed by atoms with Crippen LogP contribution in [0.1, 0.15) is 27.0 Å². The normalized spacial score (nSPS) is 23.3. The molecule has 0 radical (unpaired) electrons. The first-order valence-electron chi connectivity index (χ1n) is 8.99. The summed E-state index contributed by atoms with van der Waals surface area (Å²) in [5, 5.41) is 0.609. The predicted octanol–water partition coefficient (Wildman–Crippen LogP) is 0.770. The highest BCUT2D eigenvalue weighted by Gasteiger charge is 2.51. The van der Waals surface area contributed by atoms with Gasteiger partial charge in [-0.25, -0.2) is 4.98 Å². The van der Waals surface area contributed by atoms with Crippen LogP contribution in [0.2, 0.25) is 0 Å². The molecule has 1 aliphatic rings. The van der Waals surface area contributed by atoms with Crippen molar-refractivity contribution in [2.45, 2.75) is 50.5 Å². The number of nitrogens with one attached hydrogen (secondary N) is 1. The number of hydrogen-bond donors (Lipinski definition) is 1. The van der Waals surface area contributed by atoms with Crippen LogP contribution in [0.5, 0.6) is 0 Å². The summed E-state index contributed by atoms with van der Waals surface area (Å²) >= 11 is 1.19. The van der Waals surface area contributed by atoms with E-state index in [-0.39, 0.29) is 6.61 Å². The standard InChI is InChI=1S/C18H21N3O8S/c1-8(22)26-7-12-13(27-9(2)23)14(28-10(3)24)17(29-12)21-16(25)11-5-6-19-15(11)20-18(21)30-4/h5-6,12-14,17,19H,7H2,1-4H3/t12-,13-,14-,17-/m1/s1. The van der Waals surface area contributed by atoms with Crippen molar-refractivity contribution in [3.8, 4) is 0 Å². The summed E-state index contributed by atoms with van der Waals surface area (Å²) in [5.74, 6) is -1.87. The van der Waals surface area contributed by atoms with Gasteiger partial charge in [-0.2, -0.15) is 0 Å². The van der Waals surface area contributed by atoms with Crippen LogP contribution in [0.3, 0.4) is 0 Å². The van der Waals surface area contributed by atoms with Crippen molar-refractivity contribution in [3.63, 3.8) is 0 Å². The molecule has 3 rings (SSSR count). The van der Waals surface area contributed by atoms with Crippen molar-refractivity contribution in [1.29, 1.82) is 0 Å². The Morgan fingerprint density at radius 2 is 1.83 bits per heavy atom. The fraction of sp³-hybridized carbons (Fsp3) is 0.500. The Morgan fingerprint density at radius 3 is 2.43 bits per heavy atom. The van der Waals surface area contributed by atoms with Crippen LogP contribution >= 0.6 is 11.8 Å². The molecule has 162 valence electrons. The van der Waals surface area contributed by atoms with Gasteiger partial charge in [-0.05, 0) is 12.3 Å². The van der Waals surface area contributed by atoms with Gasteiger partial charge in [0.2, 0.25) is 0 Å². The van der Waals surface area contributed by atoms with E-state index in [9.17, 15) is 19.2 Å². The quantitative estimate of drug-likeness (QED) is 0.297. The Bertz CT molecular complexity index is 1030. The maximum atomic E-state index is 13.2. The Labute approximate surface area is 175 Å². The van der Waals surface area contributed by atoms with Gasteiger partial charge in [-0.15, -0.1) is 0 Å². The smallest absolute Gasteiger partial charge is 0.303 e. The molecule has 30 heavy (non-hydrogen) atoms. The van der Waals surface area contributed by atoms with Crippen LogP contribution < -0.4 is 5.56 Å². The number of nitrogens with zero attached hydrogens (tertiary/aromatic N) is 2. The van der Waals surface area contributed by atoms with E-state index in [0.29, 0.717) is 16.2 Å².